The van der Waals surface area contributed by atoms with Crippen LogP contribution < -0.4 is 5.32 Å². The van der Waals surface area contributed by atoms with Crippen LogP contribution in [0.3, 0.4) is 0 Å². The first kappa shape index (κ1) is 22.0. The summed E-state index contributed by atoms with van der Waals surface area (Å²) in [5.74, 6) is 1.22. The lowest BCUT2D eigenvalue weighted by Crippen LogP contribution is -2.46. The third-order valence-electron chi connectivity index (χ3n) is 3.94. The first-order valence-electron chi connectivity index (χ1n) is 9.11. The van der Waals surface area contributed by atoms with Gasteiger partial charge in [-0.05, 0) is 64.2 Å². The van der Waals surface area contributed by atoms with E-state index < -0.39 is 0 Å². The van der Waals surface area contributed by atoms with Crippen LogP contribution in [-0.2, 0) is 16.1 Å². The van der Waals surface area contributed by atoms with Crippen LogP contribution in [-0.4, -0.2) is 54.3 Å². The van der Waals surface area contributed by atoms with Crippen LogP contribution in [0.1, 0.15) is 26.5 Å². The van der Waals surface area contributed by atoms with E-state index in [1.54, 1.807) is 36.0 Å². The first-order chi connectivity index (χ1) is 13.0. The molecule has 7 heteroatoms. The fraction of sp³-hybridized carbons (Fsp3) is 0.429. The maximum atomic E-state index is 12.4. The highest BCUT2D eigenvalue weighted by molar-refractivity contribution is 6.30. The normalized spacial score (nSPS) is 11.5. The molecule has 0 aliphatic rings. The fourth-order valence-corrected chi connectivity index (χ4v) is 2.79. The van der Waals surface area contributed by atoms with Gasteiger partial charge in [-0.15, -0.1) is 0 Å². The minimum Gasteiger partial charge on any atom is -0.459 e. The average molecular weight is 406 g/mol. The molecule has 0 aliphatic heterocycles. The van der Waals surface area contributed by atoms with E-state index in [-0.39, 0.29) is 30.4 Å². The second-order valence-corrected chi connectivity index (χ2v) is 8.43. The van der Waals surface area contributed by atoms with E-state index in [0.29, 0.717) is 17.3 Å². The van der Waals surface area contributed by atoms with Crippen molar-refractivity contribution in [3.63, 3.8) is 0 Å². The highest BCUT2D eigenvalue weighted by Crippen LogP contribution is 2.24. The van der Waals surface area contributed by atoms with Gasteiger partial charge in [-0.2, -0.15) is 0 Å². The van der Waals surface area contributed by atoms with Crippen molar-refractivity contribution in [3.8, 4) is 11.3 Å². The Hall–Kier alpha value is -2.31. The summed E-state index contributed by atoms with van der Waals surface area (Å²) >= 11 is 5.91. The summed E-state index contributed by atoms with van der Waals surface area (Å²) in [6.45, 7) is 6.44. The molecule has 0 unspecified atom stereocenters. The third-order valence-corrected chi connectivity index (χ3v) is 4.19. The number of hydrogen-bond acceptors (Lipinski definition) is 4. The Bertz CT molecular complexity index is 809. The van der Waals surface area contributed by atoms with Crippen molar-refractivity contribution < 1.29 is 14.0 Å². The Kier molecular flexibility index (Phi) is 7.27. The summed E-state index contributed by atoms with van der Waals surface area (Å²) in [5.41, 5.74) is 0.633. The molecule has 0 bridgehead atoms. The average Bonchev–Trinajstić information content (AvgIpc) is 3.01. The number of nitrogens with one attached hydrogen (secondary N) is 1. The van der Waals surface area contributed by atoms with E-state index in [4.69, 9.17) is 16.0 Å². The second kappa shape index (κ2) is 9.26. The molecule has 0 saturated carbocycles. The van der Waals surface area contributed by atoms with Crippen LogP contribution >= 0.6 is 11.6 Å². The molecule has 0 atom stereocenters. The van der Waals surface area contributed by atoms with E-state index in [2.05, 4.69) is 5.32 Å². The number of rotatable bonds is 7. The van der Waals surface area contributed by atoms with Crippen molar-refractivity contribution in [1.82, 2.24) is 15.1 Å². The molecule has 1 heterocycles. The van der Waals surface area contributed by atoms with Gasteiger partial charge in [-0.1, -0.05) is 11.6 Å². The molecule has 0 aliphatic carbocycles. The molecule has 6 nitrogen and oxygen atoms in total. The van der Waals surface area contributed by atoms with Crippen molar-refractivity contribution in [2.75, 3.05) is 27.2 Å². The van der Waals surface area contributed by atoms with Crippen LogP contribution in [0, 0.1) is 0 Å². The number of amides is 2. The molecule has 0 fully saturated rings. The highest BCUT2D eigenvalue weighted by atomic mass is 35.5. The van der Waals surface area contributed by atoms with Crippen LogP contribution in [0.25, 0.3) is 11.3 Å². The van der Waals surface area contributed by atoms with Crippen LogP contribution in [0.15, 0.2) is 40.8 Å². The van der Waals surface area contributed by atoms with E-state index in [1.165, 1.54) is 0 Å². The Morgan fingerprint density at radius 2 is 1.68 bits per heavy atom. The maximum absolute atomic E-state index is 12.4. The number of carbonyl (C=O) groups excluding carboxylic acids is 2. The zero-order valence-corrected chi connectivity index (χ0v) is 17.8. The van der Waals surface area contributed by atoms with Crippen molar-refractivity contribution in [1.29, 1.82) is 0 Å². The van der Waals surface area contributed by atoms with Gasteiger partial charge in [0.15, 0.2) is 0 Å². The van der Waals surface area contributed by atoms with E-state index in [1.807, 2.05) is 45.0 Å². The summed E-state index contributed by atoms with van der Waals surface area (Å²) in [4.78, 5) is 27.7. The minimum atomic E-state index is -0.292. The highest BCUT2D eigenvalue weighted by Gasteiger charge is 2.18. The summed E-state index contributed by atoms with van der Waals surface area (Å²) in [5, 5.41) is 3.55. The molecule has 1 aromatic heterocycles. The molecule has 28 heavy (non-hydrogen) atoms. The molecule has 2 rings (SSSR count). The molecular weight excluding hydrogens is 378 g/mol. The minimum absolute atomic E-state index is 0.0875. The van der Waals surface area contributed by atoms with Gasteiger partial charge in [0, 0.05) is 23.2 Å². The number of halogens is 1. The lowest BCUT2D eigenvalue weighted by molar-refractivity contribution is -0.132. The number of furan rings is 1. The Morgan fingerprint density at radius 1 is 1.04 bits per heavy atom. The molecule has 152 valence electrons. The van der Waals surface area contributed by atoms with Gasteiger partial charge in [-0.3, -0.25) is 14.5 Å². The van der Waals surface area contributed by atoms with Crippen molar-refractivity contribution in [3.05, 3.63) is 47.2 Å². The quantitative estimate of drug-likeness (QED) is 0.766. The lowest BCUT2D eigenvalue weighted by atomic mass is 10.1. The zero-order chi connectivity index (χ0) is 20.9. The number of carbonyl (C=O) groups is 2. The number of hydrogen-bond donors (Lipinski definition) is 1. The fourth-order valence-electron chi connectivity index (χ4n) is 2.66. The Morgan fingerprint density at radius 3 is 2.29 bits per heavy atom. The number of nitrogens with zero attached hydrogens (tertiary/aromatic N) is 2. The molecule has 2 amide bonds. The van der Waals surface area contributed by atoms with Gasteiger partial charge < -0.3 is 14.6 Å². The van der Waals surface area contributed by atoms with Crippen LogP contribution in [0.2, 0.25) is 5.02 Å². The smallest absolute Gasteiger partial charge is 0.236 e. The van der Waals surface area contributed by atoms with Gasteiger partial charge in [0.2, 0.25) is 11.8 Å². The van der Waals surface area contributed by atoms with Crippen molar-refractivity contribution >= 4 is 23.4 Å². The number of likely N-dealkylation sites (N-methyl/N-ethyl adjacent to an activating group) is 2. The van der Waals surface area contributed by atoms with Gasteiger partial charge in [0.25, 0.3) is 0 Å². The summed E-state index contributed by atoms with van der Waals surface area (Å²) < 4.78 is 5.84. The number of benzene rings is 1. The molecule has 0 saturated heterocycles. The van der Waals surface area contributed by atoms with Gasteiger partial charge >= 0.3 is 0 Å². The molecule has 0 radical (unpaired) electrons. The van der Waals surface area contributed by atoms with Crippen molar-refractivity contribution in [2.45, 2.75) is 32.9 Å². The van der Waals surface area contributed by atoms with Crippen LogP contribution in [0.4, 0.5) is 0 Å². The molecular formula is C21H28ClN3O3. The predicted octanol–water partition coefficient (Wildman–Crippen LogP) is 3.40. The largest absolute Gasteiger partial charge is 0.459 e. The lowest BCUT2D eigenvalue weighted by Gasteiger charge is -2.24. The monoisotopic (exact) mass is 405 g/mol. The van der Waals surface area contributed by atoms with E-state index in [9.17, 15) is 9.59 Å². The molecule has 1 N–H and O–H groups in total. The maximum Gasteiger partial charge on any atom is 0.236 e. The van der Waals surface area contributed by atoms with Crippen molar-refractivity contribution in [2.24, 2.45) is 0 Å². The van der Waals surface area contributed by atoms with Crippen LogP contribution in [0.5, 0.6) is 0 Å². The van der Waals surface area contributed by atoms with E-state index in [0.717, 1.165) is 11.3 Å². The summed E-state index contributed by atoms with van der Waals surface area (Å²) in [7, 11) is 3.47. The standard InChI is InChI=1S/C21H28ClN3O3/c1-21(2,3)23-19(26)13-24(4)14-20(27)25(5)12-17-10-11-18(28-17)15-6-8-16(22)9-7-15/h6-11H,12-14H2,1-5H3,(H,23,26). The molecule has 0 spiro atoms. The van der Waals surface area contributed by atoms with Gasteiger partial charge in [0.1, 0.15) is 11.5 Å². The predicted molar refractivity (Wildman–Crippen MR) is 111 cm³/mol. The second-order valence-electron chi connectivity index (χ2n) is 7.99. The summed E-state index contributed by atoms with van der Waals surface area (Å²) in [6.07, 6.45) is 0. The van der Waals surface area contributed by atoms with Gasteiger partial charge in [0.05, 0.1) is 19.6 Å². The topological polar surface area (TPSA) is 65.8 Å². The first-order valence-corrected chi connectivity index (χ1v) is 9.49. The zero-order valence-electron chi connectivity index (χ0n) is 17.1. The Balaban J connectivity index is 1.87. The third kappa shape index (κ3) is 7.02. The van der Waals surface area contributed by atoms with Gasteiger partial charge in [-0.25, -0.2) is 0 Å². The van der Waals surface area contributed by atoms with E-state index >= 15 is 0 Å². The molecule has 2 aromatic rings. The summed E-state index contributed by atoms with van der Waals surface area (Å²) in [6, 6.07) is 11.1. The Labute approximate surface area is 171 Å². The SMILES string of the molecule is CN(CC(=O)NC(C)(C)C)CC(=O)N(C)Cc1ccc(-c2ccc(Cl)cc2)o1. The molecule has 1 aromatic carbocycles.